The number of hydrogen-bond donors (Lipinski definition) is 4. The van der Waals surface area contributed by atoms with Crippen molar-refractivity contribution in [3.05, 3.63) is 39.7 Å². The summed E-state index contributed by atoms with van der Waals surface area (Å²) in [6.07, 6.45) is -2.87. The topological polar surface area (TPSA) is 152 Å². The summed E-state index contributed by atoms with van der Waals surface area (Å²) in [6, 6.07) is 3.89. The van der Waals surface area contributed by atoms with Crippen LogP contribution in [0.5, 0.6) is 11.5 Å². The van der Waals surface area contributed by atoms with Crippen molar-refractivity contribution < 1.29 is 38.1 Å². The number of carbonyl (C=O) groups is 2. The molecule has 0 bridgehead atoms. The summed E-state index contributed by atoms with van der Waals surface area (Å²) >= 11 is 0. The van der Waals surface area contributed by atoms with Gasteiger partial charge in [-0.1, -0.05) is 12.1 Å². The van der Waals surface area contributed by atoms with Crippen LogP contribution in [0.4, 0.5) is 14.6 Å². The number of anilines is 1. The number of nitrogen functional groups attached to an aromatic ring is 1. The number of aromatic nitrogens is 1. The van der Waals surface area contributed by atoms with Gasteiger partial charge in [0.25, 0.3) is 12.0 Å². The molecule has 0 saturated heterocycles. The Morgan fingerprint density at radius 3 is 2.37 bits per heavy atom. The Morgan fingerprint density at radius 2 is 1.85 bits per heavy atom. The largest absolute Gasteiger partial charge is 0.493 e. The summed E-state index contributed by atoms with van der Waals surface area (Å²) in [4.78, 5) is 37.3. The highest BCUT2D eigenvalue weighted by Gasteiger charge is 2.29. The van der Waals surface area contributed by atoms with Gasteiger partial charge in [-0.3, -0.25) is 4.79 Å². The third kappa shape index (κ3) is 3.81. The summed E-state index contributed by atoms with van der Waals surface area (Å²) in [6.45, 7) is -1.07. The van der Waals surface area contributed by atoms with E-state index in [0.29, 0.717) is 0 Å². The minimum atomic E-state index is -2.87. The summed E-state index contributed by atoms with van der Waals surface area (Å²) < 4.78 is 35.2. The van der Waals surface area contributed by atoms with Crippen LogP contribution in [0.2, 0.25) is 0 Å². The third-order valence-corrected chi connectivity index (χ3v) is 3.49. The standard InChI is InChI=1S/C16H14F2N2O7/c1-26-7-4-2-3-6(12(7)27-5-8(17)18)9-10(15(22)23)13(19)20-14(21)11(9)16(24)25/h2-4,8H,5H2,1H3,(H,22,23)(H,24,25)(H3,19,20,21). The van der Waals surface area contributed by atoms with Crippen LogP contribution < -0.4 is 20.8 Å². The number of rotatable bonds is 7. The van der Waals surface area contributed by atoms with Crippen molar-refractivity contribution in [2.75, 3.05) is 19.5 Å². The van der Waals surface area contributed by atoms with Crippen molar-refractivity contribution in [2.45, 2.75) is 6.43 Å². The lowest BCUT2D eigenvalue weighted by atomic mass is 9.94. The minimum Gasteiger partial charge on any atom is -0.493 e. The van der Waals surface area contributed by atoms with E-state index in [9.17, 15) is 33.4 Å². The Bertz CT molecular complexity index is 957. The summed E-state index contributed by atoms with van der Waals surface area (Å²) in [5.41, 5.74) is 1.90. The second-order valence-electron chi connectivity index (χ2n) is 5.14. The van der Waals surface area contributed by atoms with Crippen LogP contribution in [-0.2, 0) is 0 Å². The van der Waals surface area contributed by atoms with E-state index >= 15 is 0 Å². The molecule has 9 nitrogen and oxygen atoms in total. The van der Waals surface area contributed by atoms with E-state index in [2.05, 4.69) is 0 Å². The number of nitrogens with two attached hydrogens (primary N) is 1. The molecule has 1 aromatic heterocycles. The fourth-order valence-corrected chi connectivity index (χ4v) is 2.48. The Balaban J connectivity index is 2.95. The van der Waals surface area contributed by atoms with Gasteiger partial charge >= 0.3 is 11.9 Å². The van der Waals surface area contributed by atoms with Crippen molar-refractivity contribution >= 4 is 17.8 Å². The normalized spacial score (nSPS) is 10.7. The molecule has 0 aliphatic carbocycles. The Kier molecular flexibility index (Phi) is 5.63. The predicted molar refractivity (Wildman–Crippen MR) is 88.9 cm³/mol. The van der Waals surface area contributed by atoms with Gasteiger partial charge in [-0.2, -0.15) is 0 Å². The average molecular weight is 384 g/mol. The maximum atomic E-state index is 12.6. The molecule has 144 valence electrons. The molecule has 2 rings (SSSR count). The number of alkyl halides is 2. The van der Waals surface area contributed by atoms with Crippen molar-refractivity contribution in [3.63, 3.8) is 0 Å². The van der Waals surface area contributed by atoms with Crippen LogP contribution in [0.25, 0.3) is 11.1 Å². The highest BCUT2D eigenvalue weighted by atomic mass is 19.3. The van der Waals surface area contributed by atoms with E-state index in [1.54, 1.807) is 0 Å². The Morgan fingerprint density at radius 1 is 1.22 bits per heavy atom. The minimum absolute atomic E-state index is 0.0697. The first-order chi connectivity index (χ1) is 12.7. The smallest absolute Gasteiger partial charge is 0.342 e. The number of pyridine rings is 1. The van der Waals surface area contributed by atoms with E-state index in [1.165, 1.54) is 25.3 Å². The first-order valence-corrected chi connectivity index (χ1v) is 7.29. The number of methoxy groups -OCH3 is 1. The molecule has 27 heavy (non-hydrogen) atoms. The lowest BCUT2D eigenvalue weighted by Gasteiger charge is -2.18. The number of H-pyrrole nitrogens is 1. The Labute approximate surface area is 150 Å². The van der Waals surface area contributed by atoms with E-state index in [1.807, 2.05) is 4.98 Å². The fraction of sp³-hybridized carbons (Fsp3) is 0.188. The molecule has 0 amide bonds. The van der Waals surface area contributed by atoms with Crippen LogP contribution in [0, 0.1) is 0 Å². The average Bonchev–Trinajstić information content (AvgIpc) is 2.57. The SMILES string of the molecule is COc1cccc(-c2c(C(=O)O)c(N)[nH]c(=O)c2C(=O)O)c1OCC(F)F. The number of aromatic carboxylic acids is 2. The van der Waals surface area contributed by atoms with Crippen LogP contribution >= 0.6 is 0 Å². The second kappa shape index (κ2) is 7.72. The number of benzene rings is 1. The van der Waals surface area contributed by atoms with Crippen LogP contribution in [0.15, 0.2) is 23.0 Å². The number of carboxylic acids is 2. The zero-order chi connectivity index (χ0) is 20.3. The van der Waals surface area contributed by atoms with E-state index in [4.69, 9.17) is 15.2 Å². The summed E-state index contributed by atoms with van der Waals surface area (Å²) in [5, 5.41) is 18.8. The summed E-state index contributed by atoms with van der Waals surface area (Å²) in [7, 11) is 1.21. The molecule has 5 N–H and O–H groups in total. The highest BCUT2D eigenvalue weighted by molar-refractivity contribution is 6.08. The van der Waals surface area contributed by atoms with Crippen molar-refractivity contribution in [1.29, 1.82) is 0 Å². The molecule has 0 atom stereocenters. The molecule has 0 aliphatic rings. The molecule has 0 spiro atoms. The van der Waals surface area contributed by atoms with Crippen LogP contribution in [0.1, 0.15) is 20.7 Å². The zero-order valence-electron chi connectivity index (χ0n) is 13.8. The third-order valence-electron chi connectivity index (χ3n) is 3.49. The molecular weight excluding hydrogens is 370 g/mol. The number of carboxylic acid groups (broad SMARTS) is 2. The lowest BCUT2D eigenvalue weighted by molar-refractivity contribution is 0.0695. The zero-order valence-corrected chi connectivity index (χ0v) is 13.8. The van der Waals surface area contributed by atoms with Gasteiger partial charge in [0, 0.05) is 11.1 Å². The Hall–Kier alpha value is -3.63. The first-order valence-electron chi connectivity index (χ1n) is 7.29. The highest BCUT2D eigenvalue weighted by Crippen LogP contribution is 2.41. The fourth-order valence-electron chi connectivity index (χ4n) is 2.48. The maximum absolute atomic E-state index is 12.6. The first kappa shape index (κ1) is 19.7. The molecule has 1 aromatic carbocycles. The number of ether oxygens (including phenoxy) is 2. The molecule has 1 heterocycles. The maximum Gasteiger partial charge on any atom is 0.342 e. The molecule has 0 aliphatic heterocycles. The monoisotopic (exact) mass is 384 g/mol. The van der Waals surface area contributed by atoms with E-state index in [-0.39, 0.29) is 17.1 Å². The van der Waals surface area contributed by atoms with Crippen molar-refractivity contribution in [1.82, 2.24) is 4.98 Å². The predicted octanol–water partition coefficient (Wildman–Crippen LogP) is 1.67. The van der Waals surface area contributed by atoms with Crippen LogP contribution in [0.3, 0.4) is 0 Å². The van der Waals surface area contributed by atoms with Gasteiger partial charge in [0.2, 0.25) is 0 Å². The molecule has 0 saturated carbocycles. The van der Waals surface area contributed by atoms with Gasteiger partial charge < -0.3 is 30.4 Å². The van der Waals surface area contributed by atoms with Crippen LogP contribution in [-0.4, -0.2) is 47.3 Å². The molecule has 11 heteroatoms. The van der Waals surface area contributed by atoms with Gasteiger partial charge in [0.1, 0.15) is 23.6 Å². The number of nitrogens with one attached hydrogen (secondary N) is 1. The molecule has 0 fully saturated rings. The van der Waals surface area contributed by atoms with Crippen molar-refractivity contribution in [3.8, 4) is 22.6 Å². The van der Waals surface area contributed by atoms with E-state index < -0.39 is 53.0 Å². The van der Waals surface area contributed by atoms with Gasteiger partial charge in [0.15, 0.2) is 11.5 Å². The number of aromatic amines is 1. The summed E-state index contributed by atoms with van der Waals surface area (Å²) in [5.74, 6) is -4.40. The van der Waals surface area contributed by atoms with Gasteiger partial charge in [-0.25, -0.2) is 18.4 Å². The lowest BCUT2D eigenvalue weighted by Crippen LogP contribution is -2.24. The molecular formula is C16H14F2N2O7. The van der Waals surface area contributed by atoms with Crippen molar-refractivity contribution in [2.24, 2.45) is 0 Å². The number of para-hydroxylation sites is 1. The van der Waals surface area contributed by atoms with E-state index in [0.717, 1.165) is 0 Å². The quantitative estimate of drug-likeness (QED) is 0.562. The molecule has 2 aromatic rings. The second-order valence-corrected chi connectivity index (χ2v) is 5.14. The van der Waals surface area contributed by atoms with Gasteiger partial charge in [-0.05, 0) is 6.07 Å². The molecule has 0 unspecified atom stereocenters. The number of halogens is 2. The van der Waals surface area contributed by atoms with Gasteiger partial charge in [-0.15, -0.1) is 0 Å². The molecule has 0 radical (unpaired) electrons. The van der Waals surface area contributed by atoms with Gasteiger partial charge in [0.05, 0.1) is 7.11 Å². The number of hydrogen-bond acceptors (Lipinski definition) is 6.